The molecule has 1 unspecified atom stereocenters. The minimum absolute atomic E-state index is 0.0982. The summed E-state index contributed by atoms with van der Waals surface area (Å²) in [5, 5.41) is 10.3. The van der Waals surface area contributed by atoms with Crippen LogP contribution in [0.15, 0.2) is 18.2 Å². The Morgan fingerprint density at radius 1 is 1.32 bits per heavy atom. The highest BCUT2D eigenvalue weighted by molar-refractivity contribution is 6.35. The molecule has 1 fully saturated rings. The summed E-state index contributed by atoms with van der Waals surface area (Å²) >= 11 is 12.5. The lowest BCUT2D eigenvalue weighted by Gasteiger charge is -2.25. The molecule has 6 heteroatoms. The average Bonchev–Trinajstić information content (AvgIpc) is 2.68. The Morgan fingerprint density at radius 2 is 2.00 bits per heavy atom. The molecule has 1 aliphatic rings. The SMILES string of the molecule is CN(CC(=O)O)C1CCCN(Cc2c(Cl)cccc2Cl)CC1. The standard InChI is InChI=1S/C16H22Cl2N2O2/c1-19(11-16(21)22)12-4-3-8-20(9-7-12)10-13-14(17)5-2-6-15(13)18/h2,5-6,12H,3-4,7-11H2,1H3,(H,21,22). The van der Waals surface area contributed by atoms with Gasteiger partial charge < -0.3 is 5.11 Å². The first kappa shape index (κ1) is 17.5. The van der Waals surface area contributed by atoms with Crippen LogP contribution >= 0.6 is 23.2 Å². The molecular weight excluding hydrogens is 323 g/mol. The van der Waals surface area contributed by atoms with Crippen LogP contribution in [0.2, 0.25) is 10.0 Å². The minimum Gasteiger partial charge on any atom is -0.480 e. The summed E-state index contributed by atoms with van der Waals surface area (Å²) < 4.78 is 0. The second kappa shape index (κ2) is 8.16. The molecule has 1 aliphatic heterocycles. The Hall–Kier alpha value is -0.810. The highest BCUT2D eigenvalue weighted by Gasteiger charge is 2.22. The van der Waals surface area contributed by atoms with Crippen LogP contribution in [0.4, 0.5) is 0 Å². The molecule has 122 valence electrons. The number of hydrogen-bond acceptors (Lipinski definition) is 3. The van der Waals surface area contributed by atoms with E-state index in [4.69, 9.17) is 28.3 Å². The zero-order valence-electron chi connectivity index (χ0n) is 12.8. The van der Waals surface area contributed by atoms with Crippen LogP contribution in [0, 0.1) is 0 Å². The molecule has 0 radical (unpaired) electrons. The third-order valence-corrected chi connectivity index (χ3v) is 4.95. The zero-order chi connectivity index (χ0) is 16.1. The molecule has 1 saturated heterocycles. The minimum atomic E-state index is -0.772. The molecule has 0 amide bonds. The third-order valence-electron chi connectivity index (χ3n) is 4.24. The molecule has 2 rings (SSSR count). The predicted molar refractivity (Wildman–Crippen MR) is 89.6 cm³/mol. The number of likely N-dealkylation sites (N-methyl/N-ethyl adjacent to an activating group) is 1. The number of carbonyl (C=O) groups is 1. The number of benzene rings is 1. The molecule has 0 spiro atoms. The maximum Gasteiger partial charge on any atom is 0.317 e. The van der Waals surface area contributed by atoms with Crippen molar-refractivity contribution in [2.75, 3.05) is 26.7 Å². The molecule has 1 heterocycles. The van der Waals surface area contributed by atoms with Gasteiger partial charge in [-0.1, -0.05) is 29.3 Å². The second-order valence-electron chi connectivity index (χ2n) is 5.87. The number of rotatable bonds is 5. The zero-order valence-corrected chi connectivity index (χ0v) is 14.3. The van der Waals surface area contributed by atoms with Crippen LogP contribution in [0.25, 0.3) is 0 Å². The lowest BCUT2D eigenvalue weighted by atomic mass is 10.1. The largest absolute Gasteiger partial charge is 0.480 e. The van der Waals surface area contributed by atoms with Crippen LogP contribution in [0.3, 0.4) is 0 Å². The lowest BCUT2D eigenvalue weighted by Crippen LogP contribution is -2.36. The predicted octanol–water partition coefficient (Wildman–Crippen LogP) is 3.36. The topological polar surface area (TPSA) is 43.8 Å². The van der Waals surface area contributed by atoms with Crippen molar-refractivity contribution < 1.29 is 9.90 Å². The Bertz CT molecular complexity index is 505. The van der Waals surface area contributed by atoms with Gasteiger partial charge in [0.1, 0.15) is 0 Å². The van der Waals surface area contributed by atoms with Crippen molar-refractivity contribution in [3.8, 4) is 0 Å². The van der Waals surface area contributed by atoms with Gasteiger partial charge in [-0.2, -0.15) is 0 Å². The fourth-order valence-electron chi connectivity index (χ4n) is 2.99. The summed E-state index contributed by atoms with van der Waals surface area (Å²) in [6.07, 6.45) is 3.04. The smallest absolute Gasteiger partial charge is 0.317 e. The van der Waals surface area contributed by atoms with E-state index >= 15 is 0 Å². The quantitative estimate of drug-likeness (QED) is 0.889. The Labute approximate surface area is 141 Å². The van der Waals surface area contributed by atoms with E-state index < -0.39 is 5.97 Å². The summed E-state index contributed by atoms with van der Waals surface area (Å²) in [6, 6.07) is 5.91. The fraction of sp³-hybridized carbons (Fsp3) is 0.562. The Kier molecular flexibility index (Phi) is 6.50. The Balaban J connectivity index is 1.94. The third kappa shape index (κ3) is 4.85. The van der Waals surface area contributed by atoms with Crippen LogP contribution in [0.5, 0.6) is 0 Å². The molecule has 0 saturated carbocycles. The van der Waals surface area contributed by atoms with Crippen LogP contribution < -0.4 is 0 Å². The van der Waals surface area contributed by atoms with Gasteiger partial charge in [-0.25, -0.2) is 0 Å². The van der Waals surface area contributed by atoms with Crippen LogP contribution in [-0.4, -0.2) is 53.6 Å². The molecule has 0 bridgehead atoms. The van der Waals surface area contributed by atoms with E-state index in [2.05, 4.69) is 4.90 Å². The fourth-order valence-corrected chi connectivity index (χ4v) is 3.50. The molecule has 1 aromatic carbocycles. The van der Waals surface area contributed by atoms with E-state index in [1.807, 2.05) is 30.1 Å². The van der Waals surface area contributed by atoms with Crippen molar-refractivity contribution in [3.05, 3.63) is 33.8 Å². The van der Waals surface area contributed by atoms with Crippen LogP contribution in [-0.2, 0) is 11.3 Å². The van der Waals surface area contributed by atoms with E-state index in [1.54, 1.807) is 0 Å². The van der Waals surface area contributed by atoms with Gasteiger partial charge in [0.25, 0.3) is 0 Å². The van der Waals surface area contributed by atoms with Gasteiger partial charge in [-0.15, -0.1) is 0 Å². The molecule has 0 aliphatic carbocycles. The van der Waals surface area contributed by atoms with Gasteiger partial charge in [-0.3, -0.25) is 14.6 Å². The first-order valence-electron chi connectivity index (χ1n) is 7.54. The average molecular weight is 345 g/mol. The second-order valence-corrected chi connectivity index (χ2v) is 6.68. The number of nitrogens with zero attached hydrogens (tertiary/aromatic N) is 2. The number of aliphatic carboxylic acids is 1. The highest BCUT2D eigenvalue weighted by atomic mass is 35.5. The molecule has 4 nitrogen and oxygen atoms in total. The first-order valence-corrected chi connectivity index (χ1v) is 8.30. The summed E-state index contributed by atoms with van der Waals surface area (Å²) in [5.74, 6) is -0.772. The van der Waals surface area contributed by atoms with E-state index in [1.165, 1.54) is 0 Å². The molecule has 1 aromatic rings. The van der Waals surface area contributed by atoms with Crippen molar-refractivity contribution in [1.82, 2.24) is 9.80 Å². The summed E-state index contributed by atoms with van der Waals surface area (Å²) in [6.45, 7) is 2.75. The normalized spacial score (nSPS) is 20.1. The molecule has 0 aromatic heterocycles. The number of carboxylic acids is 1. The summed E-state index contributed by atoms with van der Waals surface area (Å²) in [7, 11) is 1.89. The van der Waals surface area contributed by atoms with Gasteiger partial charge in [0.05, 0.1) is 6.54 Å². The first-order chi connectivity index (χ1) is 10.5. The number of carboxylic acid groups (broad SMARTS) is 1. The van der Waals surface area contributed by atoms with Gasteiger partial charge in [0.2, 0.25) is 0 Å². The van der Waals surface area contributed by atoms with Crippen molar-refractivity contribution >= 4 is 29.2 Å². The Morgan fingerprint density at radius 3 is 2.64 bits per heavy atom. The van der Waals surface area contributed by atoms with Crippen molar-refractivity contribution in [2.24, 2.45) is 0 Å². The van der Waals surface area contributed by atoms with Crippen LogP contribution in [0.1, 0.15) is 24.8 Å². The molecule has 1 N–H and O–H groups in total. The maximum absolute atomic E-state index is 10.8. The monoisotopic (exact) mass is 344 g/mol. The molecule has 1 atom stereocenters. The number of likely N-dealkylation sites (tertiary alicyclic amines) is 1. The van der Waals surface area contributed by atoms with Crippen molar-refractivity contribution in [2.45, 2.75) is 31.8 Å². The van der Waals surface area contributed by atoms with Gasteiger partial charge in [0.15, 0.2) is 0 Å². The lowest BCUT2D eigenvalue weighted by molar-refractivity contribution is -0.138. The highest BCUT2D eigenvalue weighted by Crippen LogP contribution is 2.27. The number of hydrogen-bond donors (Lipinski definition) is 1. The van der Waals surface area contributed by atoms with E-state index in [-0.39, 0.29) is 6.54 Å². The van der Waals surface area contributed by atoms with Gasteiger partial charge in [-0.05, 0) is 51.5 Å². The summed E-state index contributed by atoms with van der Waals surface area (Å²) in [5.41, 5.74) is 0.975. The molecular formula is C16H22Cl2N2O2. The number of halogens is 2. The van der Waals surface area contributed by atoms with Gasteiger partial charge >= 0.3 is 5.97 Å². The van der Waals surface area contributed by atoms with Gasteiger partial charge in [0, 0.05) is 28.2 Å². The van der Waals surface area contributed by atoms with E-state index in [9.17, 15) is 4.79 Å². The molecule has 22 heavy (non-hydrogen) atoms. The van der Waals surface area contributed by atoms with E-state index in [0.29, 0.717) is 16.1 Å². The van der Waals surface area contributed by atoms with Crippen molar-refractivity contribution in [1.29, 1.82) is 0 Å². The van der Waals surface area contributed by atoms with E-state index in [0.717, 1.165) is 44.5 Å². The maximum atomic E-state index is 10.8. The van der Waals surface area contributed by atoms with Crippen molar-refractivity contribution in [3.63, 3.8) is 0 Å². The summed E-state index contributed by atoms with van der Waals surface area (Å²) in [4.78, 5) is 15.1.